The van der Waals surface area contributed by atoms with Crippen LogP contribution in [-0.4, -0.2) is 25.5 Å². The van der Waals surface area contributed by atoms with Crippen LogP contribution in [0.3, 0.4) is 0 Å². The Labute approximate surface area is 148 Å². The van der Waals surface area contributed by atoms with Crippen LogP contribution in [0, 0.1) is 6.92 Å². The van der Waals surface area contributed by atoms with Crippen molar-refractivity contribution in [3.05, 3.63) is 65.2 Å². The number of amides is 2. The van der Waals surface area contributed by atoms with Crippen molar-refractivity contribution in [1.29, 1.82) is 0 Å². The average Bonchev–Trinajstić information content (AvgIpc) is 2.60. The first kappa shape index (κ1) is 18.5. The highest BCUT2D eigenvalue weighted by molar-refractivity contribution is 5.96. The van der Waals surface area contributed by atoms with E-state index in [-0.39, 0.29) is 18.2 Å². The molecule has 2 rings (SSSR count). The Hall–Kier alpha value is -2.82. The maximum Gasteiger partial charge on any atom is 0.229 e. The van der Waals surface area contributed by atoms with E-state index in [2.05, 4.69) is 10.6 Å². The largest absolute Gasteiger partial charge is 0.496 e. The number of hydrogen-bond acceptors (Lipinski definition) is 3. The molecule has 0 bridgehead atoms. The number of hydrogen-bond donors (Lipinski definition) is 2. The van der Waals surface area contributed by atoms with Crippen LogP contribution in [0.1, 0.15) is 23.1 Å². The number of nitrogens with one attached hydrogen (secondary N) is 2. The second kappa shape index (κ2) is 9.47. The molecular weight excluding hydrogens is 316 g/mol. The summed E-state index contributed by atoms with van der Waals surface area (Å²) in [6.45, 7) is 2.89. The number of methoxy groups -OCH3 is 1. The lowest BCUT2D eigenvalue weighted by molar-refractivity contribution is -0.129. The Balaban J connectivity index is 1.70. The molecule has 2 aromatic carbocycles. The first-order valence-corrected chi connectivity index (χ1v) is 8.29. The van der Waals surface area contributed by atoms with Gasteiger partial charge in [0.25, 0.3) is 0 Å². The van der Waals surface area contributed by atoms with E-state index in [1.54, 1.807) is 7.11 Å². The Morgan fingerprint density at radius 3 is 2.52 bits per heavy atom. The predicted molar refractivity (Wildman–Crippen MR) is 97.4 cm³/mol. The van der Waals surface area contributed by atoms with Crippen molar-refractivity contribution in [2.45, 2.75) is 26.3 Å². The molecule has 0 fully saturated rings. The Bertz CT molecular complexity index is 728. The van der Waals surface area contributed by atoms with Gasteiger partial charge in [0, 0.05) is 13.1 Å². The monoisotopic (exact) mass is 340 g/mol. The topological polar surface area (TPSA) is 67.4 Å². The lowest BCUT2D eigenvalue weighted by Crippen LogP contribution is -2.32. The number of para-hydroxylation sites is 1. The summed E-state index contributed by atoms with van der Waals surface area (Å²) in [5.41, 5.74) is 3.18. The fourth-order valence-corrected chi connectivity index (χ4v) is 2.54. The van der Waals surface area contributed by atoms with Crippen molar-refractivity contribution in [2.75, 3.05) is 13.7 Å². The average molecular weight is 340 g/mol. The second-order valence-electron chi connectivity index (χ2n) is 5.85. The van der Waals surface area contributed by atoms with Gasteiger partial charge in [-0.05, 0) is 30.5 Å². The molecule has 0 saturated carbocycles. The summed E-state index contributed by atoms with van der Waals surface area (Å²) >= 11 is 0. The third-order valence-corrected chi connectivity index (χ3v) is 3.80. The molecule has 0 aliphatic heterocycles. The lowest BCUT2D eigenvalue weighted by atomic mass is 10.1. The highest BCUT2D eigenvalue weighted by Gasteiger charge is 2.09. The van der Waals surface area contributed by atoms with Crippen molar-refractivity contribution in [3.63, 3.8) is 0 Å². The summed E-state index contributed by atoms with van der Waals surface area (Å²) in [6, 6.07) is 15.6. The predicted octanol–water partition coefficient (Wildman–Crippen LogP) is 2.37. The van der Waals surface area contributed by atoms with Crippen LogP contribution in [0.5, 0.6) is 5.75 Å². The van der Waals surface area contributed by atoms with Crippen molar-refractivity contribution in [2.24, 2.45) is 0 Å². The van der Waals surface area contributed by atoms with Crippen LogP contribution < -0.4 is 15.4 Å². The van der Waals surface area contributed by atoms with E-state index >= 15 is 0 Å². The van der Waals surface area contributed by atoms with Gasteiger partial charge in [-0.25, -0.2) is 0 Å². The zero-order chi connectivity index (χ0) is 18.1. The third-order valence-electron chi connectivity index (χ3n) is 3.80. The first-order chi connectivity index (χ1) is 12.1. The van der Waals surface area contributed by atoms with Gasteiger partial charge in [-0.3, -0.25) is 9.59 Å². The van der Waals surface area contributed by atoms with E-state index in [9.17, 15) is 9.59 Å². The van der Waals surface area contributed by atoms with E-state index in [4.69, 9.17) is 4.74 Å². The van der Waals surface area contributed by atoms with Crippen molar-refractivity contribution >= 4 is 11.8 Å². The number of ether oxygens (including phenoxy) is 1. The Kier molecular flexibility index (Phi) is 7.01. The molecule has 0 unspecified atom stereocenters. The third kappa shape index (κ3) is 6.30. The molecule has 25 heavy (non-hydrogen) atoms. The summed E-state index contributed by atoms with van der Waals surface area (Å²) in [6.07, 6.45) is 0.485. The highest BCUT2D eigenvalue weighted by Crippen LogP contribution is 2.17. The van der Waals surface area contributed by atoms with Gasteiger partial charge in [-0.2, -0.15) is 0 Å². The molecule has 0 saturated heterocycles. The molecule has 2 N–H and O–H groups in total. The van der Waals surface area contributed by atoms with Gasteiger partial charge < -0.3 is 15.4 Å². The minimum atomic E-state index is -0.281. The number of carbonyl (C=O) groups is 2. The molecule has 0 heterocycles. The molecule has 0 aliphatic carbocycles. The standard InChI is InChI=1S/C20H24N2O3/c1-15-6-5-7-16(12-15)14-22-20(24)13-19(23)21-11-10-17-8-3-4-9-18(17)25-2/h3-9,12H,10-11,13-14H2,1-2H3,(H,21,23)(H,22,24). The molecule has 2 aromatic rings. The van der Waals surface area contributed by atoms with E-state index in [0.29, 0.717) is 19.5 Å². The van der Waals surface area contributed by atoms with Gasteiger partial charge in [-0.15, -0.1) is 0 Å². The van der Waals surface area contributed by atoms with Gasteiger partial charge in [-0.1, -0.05) is 48.0 Å². The van der Waals surface area contributed by atoms with Crippen LogP contribution in [0.25, 0.3) is 0 Å². The molecule has 0 spiro atoms. The molecule has 132 valence electrons. The Morgan fingerprint density at radius 1 is 1.00 bits per heavy atom. The summed E-state index contributed by atoms with van der Waals surface area (Å²) in [5.74, 6) is 0.237. The maximum absolute atomic E-state index is 11.9. The van der Waals surface area contributed by atoms with Gasteiger partial charge in [0.05, 0.1) is 7.11 Å². The van der Waals surface area contributed by atoms with Crippen LogP contribution in [-0.2, 0) is 22.6 Å². The maximum atomic E-state index is 11.9. The van der Waals surface area contributed by atoms with Crippen molar-refractivity contribution < 1.29 is 14.3 Å². The molecule has 0 atom stereocenters. The van der Waals surface area contributed by atoms with Crippen LogP contribution >= 0.6 is 0 Å². The van der Waals surface area contributed by atoms with Gasteiger partial charge in [0.15, 0.2) is 0 Å². The molecule has 2 amide bonds. The summed E-state index contributed by atoms with van der Waals surface area (Å²) < 4.78 is 5.27. The fourth-order valence-electron chi connectivity index (χ4n) is 2.54. The van der Waals surface area contributed by atoms with E-state index in [1.807, 2.05) is 55.5 Å². The van der Waals surface area contributed by atoms with Crippen LogP contribution in [0.15, 0.2) is 48.5 Å². The van der Waals surface area contributed by atoms with Crippen LogP contribution in [0.2, 0.25) is 0 Å². The molecule has 0 aliphatic rings. The molecular formula is C20H24N2O3. The first-order valence-electron chi connectivity index (χ1n) is 8.29. The van der Waals surface area contributed by atoms with Gasteiger partial charge in [0.1, 0.15) is 12.2 Å². The highest BCUT2D eigenvalue weighted by atomic mass is 16.5. The molecule has 5 heteroatoms. The fraction of sp³-hybridized carbons (Fsp3) is 0.300. The zero-order valence-corrected chi connectivity index (χ0v) is 14.7. The van der Waals surface area contributed by atoms with Gasteiger partial charge >= 0.3 is 0 Å². The number of carbonyl (C=O) groups excluding carboxylic acids is 2. The summed E-state index contributed by atoms with van der Waals surface area (Å²) in [4.78, 5) is 23.7. The zero-order valence-electron chi connectivity index (χ0n) is 14.7. The number of benzene rings is 2. The van der Waals surface area contributed by atoms with E-state index < -0.39 is 0 Å². The SMILES string of the molecule is COc1ccccc1CCNC(=O)CC(=O)NCc1cccc(C)c1. The number of aryl methyl sites for hydroxylation is 1. The minimum absolute atomic E-state index is 0.169. The van der Waals surface area contributed by atoms with E-state index in [1.165, 1.54) is 0 Å². The van der Waals surface area contributed by atoms with Crippen molar-refractivity contribution in [1.82, 2.24) is 10.6 Å². The Morgan fingerprint density at radius 2 is 1.76 bits per heavy atom. The quantitative estimate of drug-likeness (QED) is 0.725. The summed E-state index contributed by atoms with van der Waals surface area (Å²) in [5, 5.41) is 5.53. The molecule has 0 aromatic heterocycles. The van der Waals surface area contributed by atoms with Gasteiger partial charge in [0.2, 0.25) is 11.8 Å². The molecule has 5 nitrogen and oxygen atoms in total. The lowest BCUT2D eigenvalue weighted by Gasteiger charge is -2.09. The number of rotatable bonds is 8. The van der Waals surface area contributed by atoms with Crippen LogP contribution in [0.4, 0.5) is 0 Å². The second-order valence-corrected chi connectivity index (χ2v) is 5.85. The summed E-state index contributed by atoms with van der Waals surface area (Å²) in [7, 11) is 1.62. The minimum Gasteiger partial charge on any atom is -0.496 e. The van der Waals surface area contributed by atoms with E-state index in [0.717, 1.165) is 22.4 Å². The van der Waals surface area contributed by atoms with Crippen molar-refractivity contribution in [3.8, 4) is 5.75 Å². The smallest absolute Gasteiger partial charge is 0.229 e. The normalized spacial score (nSPS) is 10.2. The molecule has 0 radical (unpaired) electrons.